The van der Waals surface area contributed by atoms with Crippen molar-refractivity contribution in [3.63, 3.8) is 0 Å². The molecule has 1 fully saturated rings. The Morgan fingerprint density at radius 3 is 2.20 bits per heavy atom. The summed E-state index contributed by atoms with van der Waals surface area (Å²) in [5.74, 6) is -5.24. The molecule has 10 heteroatoms. The molecule has 0 aliphatic carbocycles. The van der Waals surface area contributed by atoms with E-state index in [1.807, 2.05) is 0 Å². The van der Waals surface area contributed by atoms with Crippen LogP contribution in [-0.4, -0.2) is 29.2 Å². The van der Waals surface area contributed by atoms with Crippen molar-refractivity contribution in [1.82, 2.24) is 4.90 Å². The van der Waals surface area contributed by atoms with E-state index in [1.54, 1.807) is 20.8 Å². The van der Waals surface area contributed by atoms with E-state index in [4.69, 9.17) is 4.74 Å². The van der Waals surface area contributed by atoms with Crippen LogP contribution in [-0.2, 0) is 4.74 Å². The molecule has 1 atom stereocenters. The number of amides is 3. The number of urea groups is 1. The zero-order valence-electron chi connectivity index (χ0n) is 16.2. The van der Waals surface area contributed by atoms with Gasteiger partial charge in [-0.3, -0.25) is 4.90 Å². The average Bonchev–Trinajstić information content (AvgIpc) is 2.97. The van der Waals surface area contributed by atoms with E-state index in [-0.39, 0.29) is 22.3 Å². The number of nitrogens with zero attached hydrogens (tertiary/aromatic N) is 2. The van der Waals surface area contributed by atoms with Crippen LogP contribution in [0.1, 0.15) is 32.4 Å². The Morgan fingerprint density at radius 2 is 1.67 bits per heavy atom. The van der Waals surface area contributed by atoms with Crippen molar-refractivity contribution in [1.29, 1.82) is 0 Å². The highest BCUT2D eigenvalue weighted by Gasteiger charge is 2.45. The summed E-state index contributed by atoms with van der Waals surface area (Å²) in [6.45, 7) is 4.50. The summed E-state index contributed by atoms with van der Waals surface area (Å²) in [6.07, 6.45) is -1.05. The fourth-order valence-corrected chi connectivity index (χ4v) is 3.25. The Morgan fingerprint density at radius 1 is 1.07 bits per heavy atom. The molecule has 3 amide bonds. The number of hydrogen-bond acceptors (Lipinski definition) is 3. The summed E-state index contributed by atoms with van der Waals surface area (Å²) >= 11 is 3.01. The topological polar surface area (TPSA) is 49.9 Å². The van der Waals surface area contributed by atoms with Crippen LogP contribution in [0.15, 0.2) is 34.8 Å². The second kappa shape index (κ2) is 7.90. The number of halogens is 5. The Balaban J connectivity index is 2.06. The van der Waals surface area contributed by atoms with Gasteiger partial charge in [0.2, 0.25) is 0 Å². The van der Waals surface area contributed by atoms with Crippen molar-refractivity contribution >= 4 is 33.7 Å². The van der Waals surface area contributed by atoms with Crippen LogP contribution in [0.4, 0.5) is 32.8 Å². The molecule has 0 spiro atoms. The molecule has 1 heterocycles. The number of anilines is 1. The first kappa shape index (κ1) is 22.1. The highest BCUT2D eigenvalue weighted by Crippen LogP contribution is 2.36. The van der Waals surface area contributed by atoms with Crippen LogP contribution in [0.2, 0.25) is 0 Å². The maximum atomic E-state index is 14.0. The van der Waals surface area contributed by atoms with Crippen LogP contribution in [0.25, 0.3) is 0 Å². The van der Waals surface area contributed by atoms with E-state index < -0.39 is 47.0 Å². The maximum Gasteiger partial charge on any atom is 0.419 e. The van der Waals surface area contributed by atoms with Crippen molar-refractivity contribution in [3.8, 4) is 0 Å². The highest BCUT2D eigenvalue weighted by molar-refractivity contribution is 9.10. The molecular weight excluding hydrogens is 472 g/mol. The van der Waals surface area contributed by atoms with Gasteiger partial charge in [0.25, 0.3) is 0 Å². The van der Waals surface area contributed by atoms with Gasteiger partial charge in [-0.25, -0.2) is 32.1 Å². The second-order valence-electron chi connectivity index (χ2n) is 7.66. The Bertz CT molecular complexity index is 1000. The van der Waals surface area contributed by atoms with Gasteiger partial charge in [-0.05, 0) is 72.6 Å². The normalized spacial score (nSPS) is 16.9. The molecule has 0 bridgehead atoms. The van der Waals surface area contributed by atoms with E-state index in [1.165, 1.54) is 12.1 Å². The van der Waals surface area contributed by atoms with E-state index in [0.717, 1.165) is 11.0 Å². The predicted octanol–water partition coefficient (Wildman–Crippen LogP) is 5.92. The smallest absolute Gasteiger partial charge is 0.419 e. The minimum absolute atomic E-state index is 0.125. The molecule has 2 aromatic carbocycles. The Hall–Kier alpha value is -2.62. The molecule has 3 rings (SSSR count). The molecule has 0 radical (unpaired) electrons. The van der Waals surface area contributed by atoms with Gasteiger partial charge >= 0.3 is 12.1 Å². The molecular formula is C20H17BrF4N2O3. The number of carbonyl (C=O) groups is 2. The number of imide groups is 1. The molecule has 0 saturated carbocycles. The average molecular weight is 489 g/mol. The predicted molar refractivity (Wildman–Crippen MR) is 104 cm³/mol. The fraction of sp³-hybridized carbons (Fsp3) is 0.300. The molecule has 160 valence electrons. The summed E-state index contributed by atoms with van der Waals surface area (Å²) in [4.78, 5) is 27.5. The second-order valence-corrected chi connectivity index (χ2v) is 8.51. The van der Waals surface area contributed by atoms with Gasteiger partial charge in [0.05, 0.1) is 17.1 Å². The zero-order chi connectivity index (χ0) is 22.4. The Kier molecular flexibility index (Phi) is 5.81. The van der Waals surface area contributed by atoms with Crippen molar-refractivity contribution in [2.24, 2.45) is 0 Å². The van der Waals surface area contributed by atoms with Gasteiger partial charge in [0, 0.05) is 5.69 Å². The van der Waals surface area contributed by atoms with Crippen molar-refractivity contribution < 1.29 is 31.9 Å². The molecule has 1 saturated heterocycles. The first-order chi connectivity index (χ1) is 13.9. The van der Waals surface area contributed by atoms with E-state index in [9.17, 15) is 27.2 Å². The molecule has 30 heavy (non-hydrogen) atoms. The van der Waals surface area contributed by atoms with E-state index in [0.29, 0.717) is 17.0 Å². The number of ether oxygens (including phenoxy) is 1. The monoisotopic (exact) mass is 488 g/mol. The van der Waals surface area contributed by atoms with Crippen LogP contribution in [0.3, 0.4) is 0 Å². The minimum atomic E-state index is -1.67. The lowest BCUT2D eigenvalue weighted by molar-refractivity contribution is 0.0298. The first-order valence-electron chi connectivity index (χ1n) is 8.82. The summed E-state index contributed by atoms with van der Waals surface area (Å²) in [6, 6.07) is 3.24. The van der Waals surface area contributed by atoms with Gasteiger partial charge in [-0.15, -0.1) is 0 Å². The van der Waals surface area contributed by atoms with Gasteiger partial charge in [0.1, 0.15) is 11.4 Å². The third-order valence-electron chi connectivity index (χ3n) is 4.30. The van der Waals surface area contributed by atoms with Gasteiger partial charge in [-0.1, -0.05) is 0 Å². The molecule has 1 aliphatic rings. The quantitative estimate of drug-likeness (QED) is 0.389. The standard InChI is InChI=1S/C20H17BrF4N2O3/c1-20(2,3)30-19(29)27-16(10-6-14(23)17(25)15(24)7-10)9-26(18(27)28)11-4-5-12(21)13(22)8-11/h4-8,16H,9H2,1-3H3. The summed E-state index contributed by atoms with van der Waals surface area (Å²) in [7, 11) is 0. The molecule has 0 N–H and O–H groups in total. The van der Waals surface area contributed by atoms with Crippen LogP contribution in [0, 0.1) is 23.3 Å². The lowest BCUT2D eigenvalue weighted by Crippen LogP contribution is -2.41. The molecule has 1 unspecified atom stereocenters. The third kappa shape index (κ3) is 4.28. The molecule has 2 aromatic rings. The number of hydrogen-bond donors (Lipinski definition) is 0. The third-order valence-corrected chi connectivity index (χ3v) is 4.94. The largest absolute Gasteiger partial charge is 0.443 e. The van der Waals surface area contributed by atoms with E-state index >= 15 is 0 Å². The maximum absolute atomic E-state index is 14.0. The van der Waals surface area contributed by atoms with Crippen LogP contribution >= 0.6 is 15.9 Å². The summed E-state index contributed by atoms with van der Waals surface area (Å²) in [5, 5.41) is 0. The number of carbonyl (C=O) groups excluding carboxylic acids is 2. The van der Waals surface area contributed by atoms with Crippen molar-refractivity contribution in [3.05, 3.63) is 63.6 Å². The van der Waals surface area contributed by atoms with Gasteiger partial charge in [-0.2, -0.15) is 0 Å². The SMILES string of the molecule is CC(C)(C)OC(=O)N1C(=O)N(c2ccc(Br)c(F)c2)CC1c1cc(F)c(F)c(F)c1. The number of benzene rings is 2. The van der Waals surface area contributed by atoms with Gasteiger partial charge in [0.15, 0.2) is 17.5 Å². The van der Waals surface area contributed by atoms with E-state index in [2.05, 4.69) is 15.9 Å². The van der Waals surface area contributed by atoms with Crippen LogP contribution < -0.4 is 4.90 Å². The highest BCUT2D eigenvalue weighted by atomic mass is 79.9. The fourth-order valence-electron chi connectivity index (χ4n) is 3.00. The number of rotatable bonds is 2. The summed E-state index contributed by atoms with van der Waals surface area (Å²) in [5.41, 5.74) is -0.983. The van der Waals surface area contributed by atoms with Crippen LogP contribution in [0.5, 0.6) is 0 Å². The molecule has 5 nitrogen and oxygen atoms in total. The van der Waals surface area contributed by atoms with Crippen molar-refractivity contribution in [2.75, 3.05) is 11.4 Å². The first-order valence-corrected chi connectivity index (χ1v) is 9.61. The lowest BCUT2D eigenvalue weighted by Gasteiger charge is -2.26. The Labute approximate surface area is 178 Å². The molecule has 1 aliphatic heterocycles. The lowest BCUT2D eigenvalue weighted by atomic mass is 10.1. The van der Waals surface area contributed by atoms with Crippen molar-refractivity contribution in [2.45, 2.75) is 32.4 Å². The minimum Gasteiger partial charge on any atom is -0.443 e. The zero-order valence-corrected chi connectivity index (χ0v) is 17.8. The molecule has 0 aromatic heterocycles. The van der Waals surface area contributed by atoms with Gasteiger partial charge < -0.3 is 4.74 Å². The summed E-state index contributed by atoms with van der Waals surface area (Å²) < 4.78 is 60.4.